The van der Waals surface area contributed by atoms with Crippen LogP contribution in [0.25, 0.3) is 0 Å². The van der Waals surface area contributed by atoms with Crippen molar-refractivity contribution in [2.24, 2.45) is 0 Å². The molecule has 0 fully saturated rings. The first-order valence-corrected chi connectivity index (χ1v) is 7.25. The number of ketones is 1. The first-order valence-electron chi connectivity index (χ1n) is 6.46. The summed E-state index contributed by atoms with van der Waals surface area (Å²) >= 11 is 3.33. The van der Waals surface area contributed by atoms with E-state index in [4.69, 9.17) is 5.11 Å². The Labute approximate surface area is 130 Å². The van der Waals surface area contributed by atoms with E-state index in [1.54, 1.807) is 11.0 Å². The van der Waals surface area contributed by atoms with Crippen molar-refractivity contribution in [1.82, 2.24) is 0 Å². The van der Waals surface area contributed by atoms with Crippen molar-refractivity contribution in [3.05, 3.63) is 39.9 Å². The Hall–Kier alpha value is -1.95. The number of hydrogen-bond donors (Lipinski definition) is 1. The molecule has 0 saturated heterocycles. The first-order chi connectivity index (χ1) is 9.90. The van der Waals surface area contributed by atoms with E-state index < -0.39 is 11.8 Å². The van der Waals surface area contributed by atoms with Crippen molar-refractivity contribution in [2.45, 2.75) is 19.8 Å². The van der Waals surface area contributed by atoms with E-state index in [9.17, 15) is 14.4 Å². The van der Waals surface area contributed by atoms with Crippen LogP contribution in [0, 0.1) is 0 Å². The second kappa shape index (κ2) is 6.22. The van der Waals surface area contributed by atoms with Crippen LogP contribution in [-0.2, 0) is 16.0 Å². The number of amides is 1. The minimum absolute atomic E-state index is 0.0715. The summed E-state index contributed by atoms with van der Waals surface area (Å²) in [5.74, 6) is -1.67. The average Bonchev–Trinajstić information content (AvgIpc) is 2.43. The number of allylic oxidation sites excluding steroid dienone is 1. The molecular formula is C15H14BrNO4. The third-order valence-corrected chi connectivity index (χ3v) is 3.97. The number of nitrogens with zero attached hydrogens (tertiary/aromatic N) is 1. The zero-order valence-electron chi connectivity index (χ0n) is 11.4. The smallest absolute Gasteiger partial charge is 0.328 e. The summed E-state index contributed by atoms with van der Waals surface area (Å²) in [5, 5.41) is 8.58. The lowest BCUT2D eigenvalue weighted by molar-refractivity contribution is -0.131. The molecule has 21 heavy (non-hydrogen) atoms. The van der Waals surface area contributed by atoms with Gasteiger partial charge in [-0.1, -0.05) is 15.9 Å². The summed E-state index contributed by atoms with van der Waals surface area (Å²) in [6.45, 7) is 2.12. The van der Waals surface area contributed by atoms with Crippen molar-refractivity contribution in [1.29, 1.82) is 0 Å². The van der Waals surface area contributed by atoms with E-state index in [0.29, 0.717) is 16.6 Å². The Balaban J connectivity index is 2.45. The molecule has 1 aliphatic rings. The van der Waals surface area contributed by atoms with Crippen LogP contribution >= 0.6 is 15.9 Å². The molecule has 0 bridgehead atoms. The third kappa shape index (κ3) is 3.39. The molecule has 0 unspecified atom stereocenters. The van der Waals surface area contributed by atoms with Crippen LogP contribution in [-0.4, -0.2) is 29.3 Å². The number of carbonyl (C=O) groups excluding carboxylic acids is 2. The highest BCUT2D eigenvalue weighted by Crippen LogP contribution is 2.33. The van der Waals surface area contributed by atoms with E-state index >= 15 is 0 Å². The molecule has 1 N–H and O–H groups in total. The molecule has 0 aromatic heterocycles. The van der Waals surface area contributed by atoms with Gasteiger partial charge < -0.3 is 10.0 Å². The predicted molar refractivity (Wildman–Crippen MR) is 81.6 cm³/mol. The van der Waals surface area contributed by atoms with Crippen LogP contribution in [0.2, 0.25) is 0 Å². The van der Waals surface area contributed by atoms with Crippen LogP contribution in [0.5, 0.6) is 0 Å². The highest BCUT2D eigenvalue weighted by molar-refractivity contribution is 9.10. The Kier molecular flexibility index (Phi) is 4.57. The molecule has 0 aliphatic carbocycles. The maximum Gasteiger partial charge on any atom is 0.328 e. The number of aryl methyl sites for hydroxylation is 1. The minimum Gasteiger partial charge on any atom is -0.478 e. The van der Waals surface area contributed by atoms with Gasteiger partial charge in [0.2, 0.25) is 5.91 Å². The van der Waals surface area contributed by atoms with Crippen LogP contribution in [0.3, 0.4) is 0 Å². The summed E-state index contributed by atoms with van der Waals surface area (Å²) in [6.07, 6.45) is 3.54. The van der Waals surface area contributed by atoms with Gasteiger partial charge in [0.25, 0.3) is 0 Å². The van der Waals surface area contributed by atoms with Gasteiger partial charge in [0.05, 0.1) is 0 Å². The quantitative estimate of drug-likeness (QED) is 0.670. The van der Waals surface area contributed by atoms with Gasteiger partial charge >= 0.3 is 5.97 Å². The Morgan fingerprint density at radius 1 is 1.29 bits per heavy atom. The highest BCUT2D eigenvalue weighted by Gasteiger charge is 2.22. The fourth-order valence-electron chi connectivity index (χ4n) is 2.36. The molecule has 0 atom stereocenters. The van der Waals surface area contributed by atoms with Gasteiger partial charge in [-0.2, -0.15) is 0 Å². The Morgan fingerprint density at radius 2 is 2.00 bits per heavy atom. The number of halogens is 1. The Morgan fingerprint density at radius 3 is 2.62 bits per heavy atom. The SMILES string of the molecule is CC(=O)N1CCCc2cc(Br)c(C(=O)C=CC(=O)O)cc21. The molecule has 0 saturated carbocycles. The van der Waals surface area contributed by atoms with E-state index in [-0.39, 0.29) is 5.91 Å². The molecule has 5 nitrogen and oxygen atoms in total. The number of carboxylic acids is 1. The normalized spacial score (nSPS) is 14.1. The summed E-state index contributed by atoms with van der Waals surface area (Å²) in [5.41, 5.74) is 2.07. The standard InChI is InChI=1S/C15H14BrNO4/c1-9(18)17-6-2-3-10-7-12(16)11(8-13(10)17)14(19)4-5-15(20)21/h4-5,7-8H,2-3,6H2,1H3,(H,20,21). The lowest BCUT2D eigenvalue weighted by atomic mass is 9.98. The minimum atomic E-state index is -1.18. The number of hydrogen-bond acceptors (Lipinski definition) is 3. The predicted octanol–water partition coefficient (Wildman–Crippen LogP) is 2.57. The molecular weight excluding hydrogens is 338 g/mol. The lowest BCUT2D eigenvalue weighted by Crippen LogP contribution is -2.33. The fraction of sp³-hybridized carbons (Fsp3) is 0.267. The van der Waals surface area contributed by atoms with Gasteiger partial charge in [0, 0.05) is 35.3 Å². The summed E-state index contributed by atoms with van der Waals surface area (Å²) in [4.78, 5) is 35.9. The topological polar surface area (TPSA) is 74.7 Å². The average molecular weight is 352 g/mol. The highest BCUT2D eigenvalue weighted by atomic mass is 79.9. The molecule has 0 radical (unpaired) electrons. The largest absolute Gasteiger partial charge is 0.478 e. The van der Waals surface area contributed by atoms with Crippen molar-refractivity contribution >= 4 is 39.3 Å². The number of benzene rings is 1. The number of carboxylic acid groups (broad SMARTS) is 1. The molecule has 1 aromatic rings. The van der Waals surface area contributed by atoms with E-state index in [1.165, 1.54) is 6.92 Å². The fourth-order valence-corrected chi connectivity index (χ4v) is 2.94. The zero-order chi connectivity index (χ0) is 15.6. The lowest BCUT2D eigenvalue weighted by Gasteiger charge is -2.29. The first kappa shape index (κ1) is 15.4. The maximum atomic E-state index is 12.0. The third-order valence-electron chi connectivity index (χ3n) is 3.31. The molecule has 0 spiro atoms. The number of anilines is 1. The molecule has 110 valence electrons. The number of carbonyl (C=O) groups is 3. The van der Waals surface area contributed by atoms with Gasteiger partial charge in [0.15, 0.2) is 5.78 Å². The maximum absolute atomic E-state index is 12.0. The van der Waals surface area contributed by atoms with Crippen LogP contribution < -0.4 is 4.90 Å². The number of fused-ring (bicyclic) bond motifs is 1. The van der Waals surface area contributed by atoms with Gasteiger partial charge in [-0.3, -0.25) is 9.59 Å². The summed E-state index contributed by atoms with van der Waals surface area (Å²) in [6, 6.07) is 3.47. The molecule has 1 aromatic carbocycles. The van der Waals surface area contributed by atoms with Crippen molar-refractivity contribution in [3.8, 4) is 0 Å². The van der Waals surface area contributed by atoms with Crippen LogP contribution in [0.4, 0.5) is 5.69 Å². The van der Waals surface area contributed by atoms with Gasteiger partial charge in [-0.25, -0.2) is 4.79 Å². The van der Waals surface area contributed by atoms with Gasteiger partial charge in [-0.05, 0) is 36.6 Å². The molecule has 1 aliphatic heterocycles. The summed E-state index contributed by atoms with van der Waals surface area (Å²) < 4.78 is 0.603. The molecule has 1 amide bonds. The number of aliphatic carboxylic acids is 1. The van der Waals surface area contributed by atoms with E-state index in [1.807, 2.05) is 6.07 Å². The van der Waals surface area contributed by atoms with E-state index in [0.717, 1.165) is 36.2 Å². The monoisotopic (exact) mass is 351 g/mol. The molecule has 1 heterocycles. The van der Waals surface area contributed by atoms with Gasteiger partial charge in [-0.15, -0.1) is 0 Å². The van der Waals surface area contributed by atoms with Crippen molar-refractivity contribution < 1.29 is 19.5 Å². The van der Waals surface area contributed by atoms with Gasteiger partial charge in [0.1, 0.15) is 0 Å². The second-order valence-corrected chi connectivity index (χ2v) is 5.63. The molecule has 6 heteroatoms. The second-order valence-electron chi connectivity index (χ2n) is 4.77. The van der Waals surface area contributed by atoms with E-state index in [2.05, 4.69) is 15.9 Å². The number of rotatable bonds is 3. The van der Waals surface area contributed by atoms with Crippen LogP contribution in [0.1, 0.15) is 29.3 Å². The Bertz CT molecular complexity index is 651. The summed E-state index contributed by atoms with van der Waals surface area (Å²) in [7, 11) is 0. The van der Waals surface area contributed by atoms with Crippen molar-refractivity contribution in [3.63, 3.8) is 0 Å². The van der Waals surface area contributed by atoms with Crippen molar-refractivity contribution in [2.75, 3.05) is 11.4 Å². The molecule has 2 rings (SSSR count). The zero-order valence-corrected chi connectivity index (χ0v) is 13.0. The van der Waals surface area contributed by atoms with Crippen LogP contribution in [0.15, 0.2) is 28.8 Å².